The van der Waals surface area contributed by atoms with Crippen LogP contribution in [0.3, 0.4) is 0 Å². The van der Waals surface area contributed by atoms with Crippen LogP contribution in [0.25, 0.3) is 0 Å². The number of aliphatic hydroxyl groups is 3. The molecule has 9 nitrogen and oxygen atoms in total. The minimum Gasteiger partial charge on any atom is -0.504 e. The maximum absolute atomic E-state index is 12.0. The number of esters is 1. The molecule has 0 bridgehead atoms. The number of aliphatic hydroxyl groups excluding tert-OH is 3. The van der Waals surface area contributed by atoms with E-state index in [4.69, 9.17) is 14.2 Å². The first-order chi connectivity index (χ1) is 14.3. The molecule has 5 N–H and O–H groups in total. The van der Waals surface area contributed by atoms with Gasteiger partial charge in [0.25, 0.3) is 0 Å². The molecule has 1 saturated heterocycles. The second-order valence-electron chi connectivity index (χ2n) is 7.25. The lowest BCUT2D eigenvalue weighted by Crippen LogP contribution is -2.60. The highest BCUT2D eigenvalue weighted by molar-refractivity contribution is 5.82. The zero-order valence-electron chi connectivity index (χ0n) is 17.1. The second kappa shape index (κ2) is 11.3. The van der Waals surface area contributed by atoms with Crippen LogP contribution in [0.1, 0.15) is 32.3 Å². The van der Waals surface area contributed by atoms with E-state index in [1.54, 1.807) is 13.0 Å². The fourth-order valence-corrected chi connectivity index (χ4v) is 3.00. The van der Waals surface area contributed by atoms with Crippen LogP contribution in [0.15, 0.2) is 29.8 Å². The number of ether oxygens (including phenoxy) is 3. The van der Waals surface area contributed by atoms with Crippen molar-refractivity contribution in [3.63, 3.8) is 0 Å². The summed E-state index contributed by atoms with van der Waals surface area (Å²) < 4.78 is 16.2. The molecule has 1 fully saturated rings. The summed E-state index contributed by atoms with van der Waals surface area (Å²) in [7, 11) is 0. The first kappa shape index (κ1) is 24.1. The third-order valence-corrected chi connectivity index (χ3v) is 4.93. The molecular weight excluding hydrogens is 396 g/mol. The third kappa shape index (κ3) is 6.41. The summed E-state index contributed by atoms with van der Waals surface area (Å²) in [4.78, 5) is 12.0. The van der Waals surface area contributed by atoms with Crippen LogP contribution >= 0.6 is 0 Å². The van der Waals surface area contributed by atoms with Crippen molar-refractivity contribution in [2.45, 2.75) is 63.8 Å². The average molecular weight is 426 g/mol. The van der Waals surface area contributed by atoms with Crippen LogP contribution in [-0.4, -0.2) is 75.4 Å². The van der Waals surface area contributed by atoms with Crippen LogP contribution < -0.4 is 0 Å². The number of benzene rings is 1. The fraction of sp³-hybridized carbons (Fsp3) is 0.571. The van der Waals surface area contributed by atoms with Gasteiger partial charge >= 0.3 is 5.97 Å². The Hall–Kier alpha value is -2.17. The highest BCUT2D eigenvalue weighted by atomic mass is 16.7. The maximum atomic E-state index is 12.0. The normalized spacial score (nSPS) is 27.1. The van der Waals surface area contributed by atoms with Gasteiger partial charge in [-0.3, -0.25) is 0 Å². The van der Waals surface area contributed by atoms with Gasteiger partial charge < -0.3 is 39.7 Å². The third-order valence-electron chi connectivity index (χ3n) is 4.93. The second-order valence-corrected chi connectivity index (χ2v) is 7.25. The number of phenols is 2. The molecule has 0 amide bonds. The van der Waals surface area contributed by atoms with E-state index >= 15 is 0 Å². The Morgan fingerprint density at radius 1 is 1.20 bits per heavy atom. The van der Waals surface area contributed by atoms with Gasteiger partial charge in [0.05, 0.1) is 13.2 Å². The summed E-state index contributed by atoms with van der Waals surface area (Å²) in [6.45, 7) is 3.25. The van der Waals surface area contributed by atoms with E-state index < -0.39 is 43.3 Å². The number of carbonyl (C=O) groups is 1. The molecule has 1 aliphatic heterocycles. The Morgan fingerprint density at radius 2 is 1.93 bits per heavy atom. The molecule has 168 valence electrons. The van der Waals surface area contributed by atoms with E-state index in [0.29, 0.717) is 19.3 Å². The van der Waals surface area contributed by atoms with Gasteiger partial charge in [0.15, 0.2) is 23.9 Å². The van der Waals surface area contributed by atoms with Crippen LogP contribution in [-0.2, 0) is 25.4 Å². The van der Waals surface area contributed by atoms with Gasteiger partial charge in [-0.1, -0.05) is 18.6 Å². The minimum atomic E-state index is -1.44. The maximum Gasteiger partial charge on any atom is 0.331 e. The van der Waals surface area contributed by atoms with Crippen molar-refractivity contribution in [1.29, 1.82) is 0 Å². The van der Waals surface area contributed by atoms with E-state index in [0.717, 1.165) is 11.1 Å². The number of rotatable bonds is 9. The number of hydrogen-bond acceptors (Lipinski definition) is 9. The standard InChI is InChI=1S/C21H30O9/c1-3-12(2)9-17(25)30-20-18(26)16(11-22)29-21(19(20)27)28-8-4-5-13-6-7-14(23)15(24)10-13/h6-7,9-10,16,18-24,26-27H,3-5,8,11H2,1-2H3/b12-9+/t16-,18-,19-,20+,21-/m1/s1. The molecule has 30 heavy (non-hydrogen) atoms. The summed E-state index contributed by atoms with van der Waals surface area (Å²) in [5.74, 6) is -1.12. The van der Waals surface area contributed by atoms with Crippen LogP contribution in [0.2, 0.25) is 0 Å². The Bertz CT molecular complexity index is 733. The zero-order chi connectivity index (χ0) is 22.3. The molecule has 0 spiro atoms. The summed E-state index contributed by atoms with van der Waals surface area (Å²) in [5, 5.41) is 49.1. The predicted molar refractivity (Wildman–Crippen MR) is 106 cm³/mol. The lowest BCUT2D eigenvalue weighted by molar-refractivity contribution is -0.302. The van der Waals surface area contributed by atoms with Crippen molar-refractivity contribution in [3.05, 3.63) is 35.4 Å². The van der Waals surface area contributed by atoms with Crippen LogP contribution in [0.5, 0.6) is 11.5 Å². The Balaban J connectivity index is 1.94. The lowest BCUT2D eigenvalue weighted by Gasteiger charge is -2.41. The van der Waals surface area contributed by atoms with Crippen molar-refractivity contribution >= 4 is 5.97 Å². The molecular formula is C21H30O9. The smallest absolute Gasteiger partial charge is 0.331 e. The largest absolute Gasteiger partial charge is 0.504 e. The van der Waals surface area contributed by atoms with Crippen LogP contribution in [0.4, 0.5) is 0 Å². The van der Waals surface area contributed by atoms with Crippen molar-refractivity contribution < 1.29 is 44.5 Å². The molecule has 0 radical (unpaired) electrons. The van der Waals surface area contributed by atoms with Gasteiger partial charge in [0.1, 0.15) is 18.3 Å². The van der Waals surface area contributed by atoms with Gasteiger partial charge in [-0.25, -0.2) is 4.79 Å². The molecule has 0 aliphatic carbocycles. The average Bonchev–Trinajstić information content (AvgIpc) is 2.72. The van der Waals surface area contributed by atoms with E-state index in [2.05, 4.69) is 0 Å². The SMILES string of the molecule is CC/C(C)=C/C(=O)O[C@@H]1[C@@H](O)[C@H](OCCCc2ccc(O)c(O)c2)O[C@H](CO)[C@H]1O. The number of phenolic OH excluding ortho intramolecular Hbond substituents is 2. The van der Waals surface area contributed by atoms with Gasteiger partial charge in [-0.05, 0) is 43.9 Å². The van der Waals surface area contributed by atoms with Crippen molar-refractivity contribution in [1.82, 2.24) is 0 Å². The van der Waals surface area contributed by atoms with Gasteiger partial charge in [0.2, 0.25) is 0 Å². The minimum absolute atomic E-state index is 0.160. The highest BCUT2D eigenvalue weighted by Crippen LogP contribution is 2.27. The molecule has 0 aromatic heterocycles. The van der Waals surface area contributed by atoms with E-state index in [1.165, 1.54) is 18.2 Å². The molecule has 1 heterocycles. The molecule has 1 aliphatic rings. The Labute approximate surface area is 175 Å². The molecule has 5 atom stereocenters. The summed E-state index contributed by atoms with van der Waals surface area (Å²) in [6, 6.07) is 4.50. The van der Waals surface area contributed by atoms with Gasteiger partial charge in [-0.2, -0.15) is 0 Å². The first-order valence-electron chi connectivity index (χ1n) is 9.89. The first-order valence-corrected chi connectivity index (χ1v) is 9.89. The van der Waals surface area contributed by atoms with E-state index in [1.807, 2.05) is 6.92 Å². The molecule has 0 unspecified atom stereocenters. The molecule has 0 saturated carbocycles. The Kier molecular flexibility index (Phi) is 9.07. The predicted octanol–water partition coefficient (Wildman–Crippen LogP) is 0.754. The number of aryl methyl sites for hydroxylation is 1. The summed E-state index contributed by atoms with van der Waals surface area (Å²) in [5.41, 5.74) is 1.57. The number of carbonyl (C=O) groups excluding carboxylic acids is 1. The Morgan fingerprint density at radius 3 is 2.57 bits per heavy atom. The van der Waals surface area contributed by atoms with Crippen LogP contribution in [0, 0.1) is 0 Å². The molecule has 1 aromatic rings. The number of aromatic hydroxyl groups is 2. The fourth-order valence-electron chi connectivity index (χ4n) is 3.00. The van der Waals surface area contributed by atoms with Crippen molar-refractivity contribution in [3.8, 4) is 11.5 Å². The lowest BCUT2D eigenvalue weighted by atomic mass is 9.99. The van der Waals surface area contributed by atoms with E-state index in [9.17, 15) is 30.3 Å². The topological polar surface area (TPSA) is 146 Å². The van der Waals surface area contributed by atoms with Gasteiger partial charge in [0, 0.05) is 6.08 Å². The highest BCUT2D eigenvalue weighted by Gasteiger charge is 2.47. The monoisotopic (exact) mass is 426 g/mol. The van der Waals surface area contributed by atoms with Gasteiger partial charge in [-0.15, -0.1) is 0 Å². The number of hydrogen-bond donors (Lipinski definition) is 5. The molecule has 9 heteroatoms. The summed E-state index contributed by atoms with van der Waals surface area (Å²) in [6.07, 6.45) is -3.49. The van der Waals surface area contributed by atoms with E-state index in [-0.39, 0.29) is 18.1 Å². The van der Waals surface area contributed by atoms with Crippen molar-refractivity contribution in [2.24, 2.45) is 0 Å². The zero-order valence-corrected chi connectivity index (χ0v) is 17.1. The quantitative estimate of drug-likeness (QED) is 0.167. The molecule has 2 rings (SSSR count). The molecule has 1 aromatic carbocycles. The summed E-state index contributed by atoms with van der Waals surface area (Å²) >= 11 is 0. The number of allylic oxidation sites excluding steroid dienone is 1. The van der Waals surface area contributed by atoms with Crippen molar-refractivity contribution in [2.75, 3.05) is 13.2 Å².